The molecule has 0 spiro atoms. The van der Waals surface area contributed by atoms with Gasteiger partial charge in [-0.15, -0.1) is 0 Å². The van der Waals surface area contributed by atoms with Crippen molar-refractivity contribution in [1.29, 1.82) is 0 Å². The number of nitrogens with zero attached hydrogens (tertiary/aromatic N) is 2. The molecule has 1 aliphatic heterocycles. The summed E-state index contributed by atoms with van der Waals surface area (Å²) in [4.78, 5) is 14.6. The van der Waals surface area contributed by atoms with Gasteiger partial charge in [-0.2, -0.15) is 17.5 Å². The lowest BCUT2D eigenvalue weighted by molar-refractivity contribution is -0.176. The number of piperazine rings is 1. The minimum Gasteiger partial charge on any atom is -0.367 e. The second-order valence-corrected chi connectivity index (χ2v) is 9.95. The summed E-state index contributed by atoms with van der Waals surface area (Å²) >= 11 is 0. The molecule has 1 saturated heterocycles. The van der Waals surface area contributed by atoms with Crippen molar-refractivity contribution in [1.82, 2.24) is 9.21 Å². The normalized spacial score (nSPS) is 15.6. The Hall–Kier alpha value is -2.95. The molecule has 4 rings (SSSR count). The molecule has 0 bridgehead atoms. The Balaban J connectivity index is 1.35. The molecule has 0 saturated carbocycles. The molecule has 0 aliphatic carbocycles. The smallest absolute Gasteiger partial charge is 0.367 e. The molecule has 1 amide bonds. The number of halogens is 3. The molecule has 0 radical (unpaired) electrons. The number of hydrogen-bond donors (Lipinski definition) is 0. The average Bonchev–Trinajstić information content (AvgIpc) is 2.83. The predicted molar refractivity (Wildman–Crippen MR) is 121 cm³/mol. The van der Waals surface area contributed by atoms with Gasteiger partial charge in [0, 0.05) is 31.7 Å². The van der Waals surface area contributed by atoms with E-state index in [0.29, 0.717) is 11.1 Å². The van der Waals surface area contributed by atoms with Crippen molar-refractivity contribution in [3.8, 4) is 0 Å². The van der Waals surface area contributed by atoms with Crippen LogP contribution in [0.4, 0.5) is 13.2 Å². The van der Waals surface area contributed by atoms with Crippen LogP contribution in [0.3, 0.4) is 0 Å². The summed E-state index contributed by atoms with van der Waals surface area (Å²) in [7, 11) is -3.69. The summed E-state index contributed by atoms with van der Waals surface area (Å²) in [6, 6.07) is 18.7. The summed E-state index contributed by atoms with van der Waals surface area (Å²) in [6.07, 6.45) is -4.39. The van der Waals surface area contributed by atoms with Crippen molar-refractivity contribution in [3.63, 3.8) is 0 Å². The number of hydrogen-bond acceptors (Lipinski definition) is 4. The molecule has 1 fully saturated rings. The van der Waals surface area contributed by atoms with Crippen LogP contribution >= 0.6 is 0 Å². The zero-order chi connectivity index (χ0) is 24.3. The first-order chi connectivity index (χ1) is 16.1. The fourth-order valence-corrected chi connectivity index (χ4v) is 5.28. The molecule has 0 aromatic heterocycles. The van der Waals surface area contributed by atoms with Crippen molar-refractivity contribution < 1.29 is 31.1 Å². The predicted octanol–water partition coefficient (Wildman–Crippen LogP) is 4.07. The highest BCUT2D eigenvalue weighted by Gasteiger charge is 2.31. The number of amides is 1. The molecule has 34 heavy (non-hydrogen) atoms. The Morgan fingerprint density at radius 3 is 2.18 bits per heavy atom. The lowest BCUT2D eigenvalue weighted by Gasteiger charge is -2.34. The largest absolute Gasteiger partial charge is 0.411 e. The van der Waals surface area contributed by atoms with Crippen LogP contribution in [-0.2, 0) is 21.4 Å². The highest BCUT2D eigenvalue weighted by Crippen LogP contribution is 2.23. The Bertz CT molecular complexity index is 1270. The Morgan fingerprint density at radius 2 is 1.53 bits per heavy atom. The maximum absolute atomic E-state index is 13.1. The number of sulfonamides is 1. The van der Waals surface area contributed by atoms with Gasteiger partial charge in [0.05, 0.1) is 11.5 Å². The number of carbonyl (C=O) groups excluding carboxylic acids is 1. The van der Waals surface area contributed by atoms with Crippen LogP contribution in [0.15, 0.2) is 71.6 Å². The second kappa shape index (κ2) is 9.73. The third-order valence-electron chi connectivity index (χ3n) is 5.62. The van der Waals surface area contributed by atoms with Gasteiger partial charge in [0.15, 0.2) is 0 Å². The molecule has 180 valence electrons. The fraction of sp³-hybridized carbons (Fsp3) is 0.292. The summed E-state index contributed by atoms with van der Waals surface area (Å²) in [6.45, 7) is -0.724. The van der Waals surface area contributed by atoms with E-state index in [1.165, 1.54) is 16.4 Å². The van der Waals surface area contributed by atoms with Crippen LogP contribution in [-0.4, -0.2) is 62.5 Å². The van der Waals surface area contributed by atoms with E-state index >= 15 is 0 Å². The van der Waals surface area contributed by atoms with Crippen LogP contribution in [0.5, 0.6) is 0 Å². The topological polar surface area (TPSA) is 66.9 Å². The highest BCUT2D eigenvalue weighted by atomic mass is 32.2. The first-order valence-electron chi connectivity index (χ1n) is 10.7. The number of alkyl halides is 3. The van der Waals surface area contributed by atoms with Gasteiger partial charge in [-0.3, -0.25) is 4.79 Å². The minimum absolute atomic E-state index is 0.171. The SMILES string of the molecule is O=C(c1ccc(COCC(F)(F)F)cc1)N1CCN(S(=O)(=O)c2ccc3ccccc3c2)CC1. The fourth-order valence-electron chi connectivity index (χ4n) is 3.82. The quantitative estimate of drug-likeness (QED) is 0.521. The van der Waals surface area contributed by atoms with Crippen LogP contribution in [0, 0.1) is 0 Å². The highest BCUT2D eigenvalue weighted by molar-refractivity contribution is 7.89. The van der Waals surface area contributed by atoms with Gasteiger partial charge < -0.3 is 9.64 Å². The molecular formula is C24H23F3N2O4S. The number of fused-ring (bicyclic) bond motifs is 1. The van der Waals surface area contributed by atoms with E-state index in [1.807, 2.05) is 24.3 Å². The van der Waals surface area contributed by atoms with E-state index in [1.54, 1.807) is 35.2 Å². The number of carbonyl (C=O) groups is 1. The van der Waals surface area contributed by atoms with Gasteiger partial charge in [0.25, 0.3) is 5.91 Å². The monoisotopic (exact) mass is 492 g/mol. The lowest BCUT2D eigenvalue weighted by Crippen LogP contribution is -2.50. The third-order valence-corrected chi connectivity index (χ3v) is 7.51. The number of benzene rings is 3. The van der Waals surface area contributed by atoms with Crippen molar-refractivity contribution in [2.24, 2.45) is 0 Å². The third kappa shape index (κ3) is 5.57. The molecule has 0 unspecified atom stereocenters. The zero-order valence-electron chi connectivity index (χ0n) is 18.2. The molecule has 6 nitrogen and oxygen atoms in total. The summed E-state index contributed by atoms with van der Waals surface area (Å²) in [5.41, 5.74) is 0.900. The Labute approximate surface area is 195 Å². The van der Waals surface area contributed by atoms with E-state index < -0.39 is 22.8 Å². The van der Waals surface area contributed by atoms with E-state index in [0.717, 1.165) is 10.8 Å². The first-order valence-corrected chi connectivity index (χ1v) is 12.1. The molecule has 3 aromatic rings. The van der Waals surface area contributed by atoms with Crippen LogP contribution < -0.4 is 0 Å². The van der Waals surface area contributed by atoms with Gasteiger partial charge in [0.1, 0.15) is 6.61 Å². The van der Waals surface area contributed by atoms with Crippen LogP contribution in [0.1, 0.15) is 15.9 Å². The maximum atomic E-state index is 13.1. The summed E-state index contributed by atoms with van der Waals surface area (Å²) in [5.74, 6) is -0.259. The lowest BCUT2D eigenvalue weighted by atomic mass is 10.1. The number of ether oxygens (including phenoxy) is 1. The van der Waals surface area contributed by atoms with Gasteiger partial charge >= 0.3 is 6.18 Å². The molecule has 1 aliphatic rings. The number of rotatable bonds is 6. The van der Waals surface area contributed by atoms with Crippen molar-refractivity contribution >= 4 is 26.7 Å². The van der Waals surface area contributed by atoms with Gasteiger partial charge in [-0.1, -0.05) is 42.5 Å². The van der Waals surface area contributed by atoms with Gasteiger partial charge in [0.2, 0.25) is 10.0 Å². The van der Waals surface area contributed by atoms with Gasteiger partial charge in [-0.05, 0) is 40.6 Å². The molecule has 1 heterocycles. The molecule has 0 atom stereocenters. The average molecular weight is 493 g/mol. The molecule has 0 N–H and O–H groups in total. The van der Waals surface area contributed by atoms with Crippen LogP contribution in [0.2, 0.25) is 0 Å². The summed E-state index contributed by atoms with van der Waals surface area (Å²) < 4.78 is 68.7. The van der Waals surface area contributed by atoms with Gasteiger partial charge in [-0.25, -0.2) is 8.42 Å². The van der Waals surface area contributed by atoms with Crippen molar-refractivity contribution in [2.75, 3.05) is 32.8 Å². The van der Waals surface area contributed by atoms with E-state index in [-0.39, 0.29) is 43.6 Å². The zero-order valence-corrected chi connectivity index (χ0v) is 19.0. The van der Waals surface area contributed by atoms with E-state index in [4.69, 9.17) is 0 Å². The maximum Gasteiger partial charge on any atom is 0.411 e. The molecular weight excluding hydrogens is 469 g/mol. The van der Waals surface area contributed by atoms with Crippen molar-refractivity contribution in [2.45, 2.75) is 17.7 Å². The standard InChI is InChI=1S/C24H23F3N2O4S/c25-24(26,27)17-33-16-18-5-7-20(8-6-18)23(30)28-11-13-29(14-12-28)34(31,32)22-10-9-19-3-1-2-4-21(19)15-22/h1-10,15H,11-14,16-17H2. The Kier molecular flexibility index (Phi) is 6.92. The van der Waals surface area contributed by atoms with E-state index in [2.05, 4.69) is 4.74 Å². The van der Waals surface area contributed by atoms with E-state index in [9.17, 15) is 26.4 Å². The first kappa shape index (κ1) is 24.2. The Morgan fingerprint density at radius 1 is 0.882 bits per heavy atom. The summed E-state index contributed by atoms with van der Waals surface area (Å²) in [5, 5.41) is 1.79. The van der Waals surface area contributed by atoms with Crippen LogP contribution in [0.25, 0.3) is 10.8 Å². The molecule has 10 heteroatoms. The molecule has 3 aromatic carbocycles. The second-order valence-electron chi connectivity index (χ2n) is 8.01. The van der Waals surface area contributed by atoms with Crippen molar-refractivity contribution in [3.05, 3.63) is 77.9 Å². The minimum atomic E-state index is -4.39.